The molecule has 4 nitrogen and oxygen atoms in total. The van der Waals surface area contributed by atoms with Crippen LogP contribution in [-0.4, -0.2) is 34.5 Å². The minimum Gasteiger partial charge on any atom is -0.481 e. The van der Waals surface area contributed by atoms with Gasteiger partial charge in [-0.05, 0) is 18.8 Å². The van der Waals surface area contributed by atoms with Crippen LogP contribution in [0.3, 0.4) is 0 Å². The molecule has 0 aliphatic carbocycles. The molecule has 92 valence electrons. The molecule has 0 saturated carbocycles. The molecule has 2 atom stereocenters. The van der Waals surface area contributed by atoms with E-state index in [1.54, 1.807) is 4.90 Å². The summed E-state index contributed by atoms with van der Waals surface area (Å²) in [5, 5.41) is 8.76. The second-order valence-electron chi connectivity index (χ2n) is 4.70. The average molecular weight is 227 g/mol. The molecular weight excluding hydrogens is 206 g/mol. The largest absolute Gasteiger partial charge is 0.481 e. The molecule has 1 rings (SSSR count). The second kappa shape index (κ2) is 5.87. The zero-order valence-corrected chi connectivity index (χ0v) is 10.1. The molecule has 1 saturated heterocycles. The van der Waals surface area contributed by atoms with Gasteiger partial charge >= 0.3 is 5.97 Å². The van der Waals surface area contributed by atoms with Crippen molar-refractivity contribution in [2.45, 2.75) is 52.0 Å². The molecular formula is C12H21NO3. The molecule has 0 aromatic rings. The number of aliphatic carboxylic acids is 1. The Morgan fingerprint density at radius 1 is 1.50 bits per heavy atom. The monoisotopic (exact) mass is 227 g/mol. The van der Waals surface area contributed by atoms with E-state index in [-0.39, 0.29) is 18.4 Å². The molecule has 2 unspecified atom stereocenters. The number of hydrogen-bond donors (Lipinski definition) is 1. The van der Waals surface area contributed by atoms with Crippen LogP contribution in [0, 0.1) is 5.92 Å². The van der Waals surface area contributed by atoms with Crippen molar-refractivity contribution >= 4 is 11.9 Å². The van der Waals surface area contributed by atoms with Gasteiger partial charge in [-0.1, -0.05) is 20.3 Å². The predicted octanol–water partition coefficient (Wildman–Crippen LogP) is 1.89. The van der Waals surface area contributed by atoms with E-state index in [9.17, 15) is 9.59 Å². The molecule has 0 bridgehead atoms. The molecule has 16 heavy (non-hydrogen) atoms. The van der Waals surface area contributed by atoms with Crippen LogP contribution < -0.4 is 0 Å². The van der Waals surface area contributed by atoms with Crippen LogP contribution in [0.4, 0.5) is 0 Å². The highest BCUT2D eigenvalue weighted by atomic mass is 16.4. The van der Waals surface area contributed by atoms with Gasteiger partial charge in [0.15, 0.2) is 0 Å². The molecule has 0 aromatic carbocycles. The van der Waals surface area contributed by atoms with Crippen LogP contribution in [0.25, 0.3) is 0 Å². The van der Waals surface area contributed by atoms with Gasteiger partial charge in [0, 0.05) is 19.0 Å². The molecule has 1 heterocycles. The third-order valence-electron chi connectivity index (χ3n) is 3.33. The summed E-state index contributed by atoms with van der Waals surface area (Å²) in [5.74, 6) is -0.301. The van der Waals surface area contributed by atoms with Gasteiger partial charge in [0.2, 0.25) is 5.91 Å². The van der Waals surface area contributed by atoms with E-state index in [0.717, 1.165) is 25.8 Å². The Kier molecular flexibility index (Phi) is 4.77. The molecule has 1 fully saturated rings. The van der Waals surface area contributed by atoms with Crippen molar-refractivity contribution in [2.75, 3.05) is 6.54 Å². The lowest BCUT2D eigenvalue weighted by atomic mass is 10.0. The van der Waals surface area contributed by atoms with Crippen LogP contribution in [0.2, 0.25) is 0 Å². The van der Waals surface area contributed by atoms with Crippen molar-refractivity contribution < 1.29 is 14.7 Å². The van der Waals surface area contributed by atoms with Crippen LogP contribution in [0.5, 0.6) is 0 Å². The van der Waals surface area contributed by atoms with Crippen molar-refractivity contribution in [1.82, 2.24) is 4.90 Å². The van der Waals surface area contributed by atoms with Crippen molar-refractivity contribution in [2.24, 2.45) is 5.92 Å². The van der Waals surface area contributed by atoms with Gasteiger partial charge in [-0.15, -0.1) is 0 Å². The number of carbonyl (C=O) groups is 2. The summed E-state index contributed by atoms with van der Waals surface area (Å²) in [7, 11) is 0. The predicted molar refractivity (Wildman–Crippen MR) is 61.1 cm³/mol. The molecule has 0 aromatic heterocycles. The van der Waals surface area contributed by atoms with E-state index in [0.29, 0.717) is 12.3 Å². The van der Waals surface area contributed by atoms with Crippen molar-refractivity contribution in [3.8, 4) is 0 Å². The van der Waals surface area contributed by atoms with Crippen molar-refractivity contribution in [3.63, 3.8) is 0 Å². The molecule has 1 aliphatic heterocycles. The number of likely N-dealkylation sites (tertiary alicyclic amines) is 1. The fourth-order valence-corrected chi connectivity index (χ4v) is 2.14. The first-order valence-corrected chi connectivity index (χ1v) is 6.05. The lowest BCUT2D eigenvalue weighted by Gasteiger charge is -2.24. The highest BCUT2D eigenvalue weighted by Gasteiger charge is 2.30. The van der Waals surface area contributed by atoms with Gasteiger partial charge in [-0.3, -0.25) is 9.59 Å². The molecule has 4 heteroatoms. The number of rotatable bonds is 5. The SMILES string of the molecule is CCC(C)CC(=O)N1CCCC1CC(=O)O. The number of hydrogen-bond acceptors (Lipinski definition) is 2. The van der Waals surface area contributed by atoms with Crippen molar-refractivity contribution in [1.29, 1.82) is 0 Å². The normalized spacial score (nSPS) is 22.1. The highest BCUT2D eigenvalue weighted by Crippen LogP contribution is 2.22. The molecule has 0 radical (unpaired) electrons. The van der Waals surface area contributed by atoms with Gasteiger partial charge in [0.25, 0.3) is 0 Å². The van der Waals surface area contributed by atoms with Crippen LogP contribution in [0.1, 0.15) is 46.0 Å². The summed E-state index contributed by atoms with van der Waals surface area (Å²) in [6.07, 6.45) is 3.39. The topological polar surface area (TPSA) is 57.6 Å². The zero-order chi connectivity index (χ0) is 12.1. The Morgan fingerprint density at radius 3 is 2.75 bits per heavy atom. The third kappa shape index (κ3) is 3.51. The Bertz CT molecular complexity index is 265. The Morgan fingerprint density at radius 2 is 2.19 bits per heavy atom. The Hall–Kier alpha value is -1.06. The Balaban J connectivity index is 2.50. The van der Waals surface area contributed by atoms with Gasteiger partial charge < -0.3 is 10.0 Å². The second-order valence-corrected chi connectivity index (χ2v) is 4.70. The molecule has 1 N–H and O–H groups in total. The third-order valence-corrected chi connectivity index (χ3v) is 3.33. The first kappa shape index (κ1) is 13.0. The number of carboxylic acid groups (broad SMARTS) is 1. The van der Waals surface area contributed by atoms with E-state index in [2.05, 4.69) is 13.8 Å². The van der Waals surface area contributed by atoms with E-state index in [1.165, 1.54) is 0 Å². The fourth-order valence-electron chi connectivity index (χ4n) is 2.14. The average Bonchev–Trinajstić information content (AvgIpc) is 2.64. The smallest absolute Gasteiger partial charge is 0.305 e. The lowest BCUT2D eigenvalue weighted by molar-refractivity contribution is -0.140. The van der Waals surface area contributed by atoms with Gasteiger partial charge in [0.1, 0.15) is 0 Å². The maximum absolute atomic E-state index is 11.9. The Labute approximate surface area is 96.6 Å². The van der Waals surface area contributed by atoms with Crippen LogP contribution >= 0.6 is 0 Å². The summed E-state index contributed by atoms with van der Waals surface area (Å²) in [6.45, 7) is 4.85. The van der Waals surface area contributed by atoms with E-state index < -0.39 is 5.97 Å². The summed E-state index contributed by atoms with van der Waals surface area (Å²) < 4.78 is 0. The van der Waals surface area contributed by atoms with Gasteiger partial charge in [-0.2, -0.15) is 0 Å². The van der Waals surface area contributed by atoms with Gasteiger partial charge in [0.05, 0.1) is 6.42 Å². The first-order chi connectivity index (χ1) is 7.54. The maximum atomic E-state index is 11.9. The summed E-state index contributed by atoms with van der Waals surface area (Å²) in [6, 6.07) is -0.0749. The summed E-state index contributed by atoms with van der Waals surface area (Å²) >= 11 is 0. The van der Waals surface area contributed by atoms with E-state index in [1.807, 2.05) is 0 Å². The minimum absolute atomic E-state index is 0.0749. The van der Waals surface area contributed by atoms with Gasteiger partial charge in [-0.25, -0.2) is 0 Å². The van der Waals surface area contributed by atoms with E-state index >= 15 is 0 Å². The number of carboxylic acids is 1. The molecule has 1 amide bonds. The highest BCUT2D eigenvalue weighted by molar-refractivity contribution is 5.78. The fraction of sp³-hybridized carbons (Fsp3) is 0.833. The van der Waals surface area contributed by atoms with E-state index in [4.69, 9.17) is 5.11 Å². The van der Waals surface area contributed by atoms with Crippen LogP contribution in [0.15, 0.2) is 0 Å². The lowest BCUT2D eigenvalue weighted by Crippen LogP contribution is -2.37. The number of nitrogens with zero attached hydrogens (tertiary/aromatic N) is 1. The number of amides is 1. The summed E-state index contributed by atoms with van der Waals surface area (Å²) in [4.78, 5) is 24.4. The minimum atomic E-state index is -0.812. The molecule has 0 spiro atoms. The van der Waals surface area contributed by atoms with Crippen molar-refractivity contribution in [3.05, 3.63) is 0 Å². The zero-order valence-electron chi connectivity index (χ0n) is 10.1. The number of carbonyl (C=O) groups excluding carboxylic acids is 1. The van der Waals surface area contributed by atoms with Crippen LogP contribution in [-0.2, 0) is 9.59 Å². The standard InChI is InChI=1S/C12H21NO3/c1-3-9(2)7-11(14)13-6-4-5-10(13)8-12(15)16/h9-10H,3-8H2,1-2H3,(H,15,16). The summed E-state index contributed by atoms with van der Waals surface area (Å²) in [5.41, 5.74) is 0. The molecule has 1 aliphatic rings. The maximum Gasteiger partial charge on any atom is 0.305 e. The first-order valence-electron chi connectivity index (χ1n) is 6.05. The quantitative estimate of drug-likeness (QED) is 0.780.